The highest BCUT2D eigenvalue weighted by atomic mass is 16.6. The number of hydrogen-bond donors (Lipinski definition) is 1. The molecule has 1 amide bonds. The summed E-state index contributed by atoms with van der Waals surface area (Å²) in [7, 11) is 1.36. The average Bonchev–Trinajstić information content (AvgIpc) is 2.55. The minimum absolute atomic E-state index is 0.149. The Labute approximate surface area is 148 Å². The number of hydrogen-bond acceptors (Lipinski definition) is 5. The van der Waals surface area contributed by atoms with Crippen LogP contribution in [0.3, 0.4) is 0 Å². The fraction of sp³-hybridized carbons (Fsp3) is 0.579. The molecule has 1 saturated heterocycles. The predicted molar refractivity (Wildman–Crippen MR) is 93.6 cm³/mol. The van der Waals surface area contributed by atoms with Crippen molar-refractivity contribution in [2.24, 2.45) is 0 Å². The highest BCUT2D eigenvalue weighted by Crippen LogP contribution is 2.34. The largest absolute Gasteiger partial charge is 0.508 e. The number of phenols is 1. The van der Waals surface area contributed by atoms with Crippen molar-refractivity contribution in [2.45, 2.75) is 51.6 Å². The van der Waals surface area contributed by atoms with Crippen molar-refractivity contribution < 1.29 is 24.2 Å². The first kappa shape index (κ1) is 19.1. The van der Waals surface area contributed by atoms with Gasteiger partial charge in [-0.15, -0.1) is 0 Å². The highest BCUT2D eigenvalue weighted by molar-refractivity contribution is 5.72. The standard InChI is InChI=1S/C19H27NO5/c1-19(2,3)25-18(23)20-9-7-14(8-10-20)15-11-13(5-6-16(15)21)12-17(22)24-4/h5-6,11,14,21H,7-10,12H2,1-4H3. The second-order valence-electron chi connectivity index (χ2n) is 7.39. The van der Waals surface area contributed by atoms with Crippen LogP contribution in [0, 0.1) is 0 Å². The van der Waals surface area contributed by atoms with Gasteiger partial charge in [-0.25, -0.2) is 4.79 Å². The maximum atomic E-state index is 12.1. The molecule has 0 spiro atoms. The number of phenolic OH excluding ortho intramolecular Hbond substituents is 1. The first-order chi connectivity index (χ1) is 11.7. The SMILES string of the molecule is COC(=O)Cc1ccc(O)c(C2CCN(C(=O)OC(C)(C)C)CC2)c1. The molecule has 138 valence electrons. The van der Waals surface area contributed by atoms with Crippen molar-refractivity contribution in [1.29, 1.82) is 0 Å². The fourth-order valence-electron chi connectivity index (χ4n) is 2.98. The van der Waals surface area contributed by atoms with Gasteiger partial charge >= 0.3 is 12.1 Å². The zero-order valence-electron chi connectivity index (χ0n) is 15.4. The maximum absolute atomic E-state index is 12.1. The van der Waals surface area contributed by atoms with Crippen LogP contribution < -0.4 is 0 Å². The minimum atomic E-state index is -0.506. The van der Waals surface area contributed by atoms with Gasteiger partial charge < -0.3 is 19.5 Å². The summed E-state index contributed by atoms with van der Waals surface area (Å²) in [6, 6.07) is 5.21. The Kier molecular flexibility index (Phi) is 5.93. The van der Waals surface area contributed by atoms with Gasteiger partial charge in [0.2, 0.25) is 0 Å². The summed E-state index contributed by atoms with van der Waals surface area (Å²) in [6.45, 7) is 6.72. The lowest BCUT2D eigenvalue weighted by molar-refractivity contribution is -0.139. The molecule has 0 radical (unpaired) electrons. The summed E-state index contributed by atoms with van der Waals surface area (Å²) in [4.78, 5) is 25.3. The van der Waals surface area contributed by atoms with E-state index in [2.05, 4.69) is 0 Å². The van der Waals surface area contributed by atoms with E-state index in [1.54, 1.807) is 17.0 Å². The highest BCUT2D eigenvalue weighted by Gasteiger charge is 2.28. The molecule has 2 rings (SSSR count). The molecule has 0 aliphatic carbocycles. The van der Waals surface area contributed by atoms with Crippen LogP contribution in [-0.4, -0.2) is 47.9 Å². The minimum Gasteiger partial charge on any atom is -0.508 e. The maximum Gasteiger partial charge on any atom is 0.410 e. The fourth-order valence-corrected chi connectivity index (χ4v) is 2.98. The van der Waals surface area contributed by atoms with Gasteiger partial charge in [0.25, 0.3) is 0 Å². The summed E-state index contributed by atoms with van der Waals surface area (Å²) in [5.74, 6) is 0.0667. The molecular weight excluding hydrogens is 322 g/mol. The van der Waals surface area contributed by atoms with Crippen LogP contribution in [0.25, 0.3) is 0 Å². The number of nitrogens with zero attached hydrogens (tertiary/aromatic N) is 1. The normalized spacial score (nSPS) is 15.8. The monoisotopic (exact) mass is 349 g/mol. The van der Waals surface area contributed by atoms with Crippen molar-refractivity contribution in [2.75, 3.05) is 20.2 Å². The Bertz CT molecular complexity index is 627. The number of benzene rings is 1. The number of amides is 1. The van der Waals surface area contributed by atoms with Crippen molar-refractivity contribution in [3.8, 4) is 5.75 Å². The van der Waals surface area contributed by atoms with E-state index < -0.39 is 5.60 Å². The molecule has 0 bridgehead atoms. The first-order valence-electron chi connectivity index (χ1n) is 8.56. The molecule has 1 fully saturated rings. The molecule has 1 aromatic rings. The second-order valence-corrected chi connectivity index (χ2v) is 7.39. The Balaban J connectivity index is 2.01. The Morgan fingerprint density at radius 2 is 1.88 bits per heavy atom. The van der Waals surface area contributed by atoms with Gasteiger partial charge in [-0.1, -0.05) is 12.1 Å². The van der Waals surface area contributed by atoms with Crippen LogP contribution in [0.5, 0.6) is 5.75 Å². The molecule has 1 heterocycles. The van der Waals surface area contributed by atoms with Crippen molar-refractivity contribution in [1.82, 2.24) is 4.90 Å². The van der Waals surface area contributed by atoms with E-state index in [1.165, 1.54) is 7.11 Å². The van der Waals surface area contributed by atoms with Crippen LogP contribution in [-0.2, 0) is 20.7 Å². The number of carbonyl (C=O) groups excluding carboxylic acids is 2. The molecule has 1 aliphatic heterocycles. The van der Waals surface area contributed by atoms with Crippen molar-refractivity contribution >= 4 is 12.1 Å². The summed E-state index contributed by atoms with van der Waals surface area (Å²) in [6.07, 6.45) is 1.37. The van der Waals surface area contributed by atoms with Crippen LogP contribution >= 0.6 is 0 Å². The predicted octanol–water partition coefficient (Wildman–Crippen LogP) is 3.22. The molecule has 0 aromatic heterocycles. The third-order valence-electron chi connectivity index (χ3n) is 4.25. The lowest BCUT2D eigenvalue weighted by atomic mass is 9.87. The van der Waals surface area contributed by atoms with E-state index >= 15 is 0 Å². The van der Waals surface area contributed by atoms with E-state index in [9.17, 15) is 14.7 Å². The summed E-state index contributed by atoms with van der Waals surface area (Å²) < 4.78 is 10.1. The molecule has 6 heteroatoms. The van der Waals surface area contributed by atoms with Crippen LogP contribution in [0.1, 0.15) is 50.7 Å². The van der Waals surface area contributed by atoms with Gasteiger partial charge in [-0.05, 0) is 56.7 Å². The van der Waals surface area contributed by atoms with Gasteiger partial charge in [0.15, 0.2) is 0 Å². The van der Waals surface area contributed by atoms with Crippen LogP contribution in [0.2, 0.25) is 0 Å². The van der Waals surface area contributed by atoms with E-state index in [4.69, 9.17) is 9.47 Å². The Morgan fingerprint density at radius 3 is 2.44 bits per heavy atom. The van der Waals surface area contributed by atoms with Gasteiger partial charge in [0.05, 0.1) is 13.5 Å². The van der Waals surface area contributed by atoms with E-state index in [1.807, 2.05) is 26.8 Å². The van der Waals surface area contributed by atoms with E-state index in [0.717, 1.165) is 24.0 Å². The zero-order chi connectivity index (χ0) is 18.6. The Morgan fingerprint density at radius 1 is 1.24 bits per heavy atom. The molecule has 25 heavy (non-hydrogen) atoms. The Hall–Kier alpha value is -2.24. The number of ether oxygens (including phenoxy) is 2. The summed E-state index contributed by atoms with van der Waals surface area (Å²) in [5.41, 5.74) is 1.13. The first-order valence-corrected chi connectivity index (χ1v) is 8.56. The number of carbonyl (C=O) groups is 2. The molecule has 0 saturated carbocycles. The van der Waals surface area contributed by atoms with Gasteiger partial charge in [0, 0.05) is 13.1 Å². The zero-order valence-corrected chi connectivity index (χ0v) is 15.4. The summed E-state index contributed by atoms with van der Waals surface area (Å²) in [5, 5.41) is 10.2. The number of rotatable bonds is 3. The number of methoxy groups -OCH3 is 1. The van der Waals surface area contributed by atoms with Crippen LogP contribution in [0.4, 0.5) is 4.79 Å². The topological polar surface area (TPSA) is 76.1 Å². The molecular formula is C19H27NO5. The van der Waals surface area contributed by atoms with E-state index in [-0.39, 0.29) is 30.2 Å². The smallest absolute Gasteiger partial charge is 0.410 e. The molecule has 0 atom stereocenters. The number of esters is 1. The quantitative estimate of drug-likeness (QED) is 0.848. The van der Waals surface area contributed by atoms with Gasteiger partial charge in [0.1, 0.15) is 11.4 Å². The van der Waals surface area contributed by atoms with Gasteiger partial charge in [-0.2, -0.15) is 0 Å². The van der Waals surface area contributed by atoms with Crippen LogP contribution in [0.15, 0.2) is 18.2 Å². The number of aromatic hydroxyl groups is 1. The lowest BCUT2D eigenvalue weighted by Gasteiger charge is -2.33. The molecule has 1 N–H and O–H groups in total. The average molecular weight is 349 g/mol. The number of likely N-dealkylation sites (tertiary alicyclic amines) is 1. The molecule has 6 nitrogen and oxygen atoms in total. The lowest BCUT2D eigenvalue weighted by Crippen LogP contribution is -2.41. The summed E-state index contributed by atoms with van der Waals surface area (Å²) >= 11 is 0. The second kappa shape index (κ2) is 7.76. The van der Waals surface area contributed by atoms with E-state index in [0.29, 0.717) is 13.1 Å². The van der Waals surface area contributed by atoms with Crippen molar-refractivity contribution in [3.05, 3.63) is 29.3 Å². The molecule has 0 unspecified atom stereocenters. The number of piperidine rings is 1. The van der Waals surface area contributed by atoms with Gasteiger partial charge in [-0.3, -0.25) is 4.79 Å². The third-order valence-corrected chi connectivity index (χ3v) is 4.25. The van der Waals surface area contributed by atoms with Crippen molar-refractivity contribution in [3.63, 3.8) is 0 Å². The molecule has 1 aliphatic rings. The molecule has 1 aromatic carbocycles. The third kappa shape index (κ3) is 5.37.